The first-order chi connectivity index (χ1) is 3.79. The van der Waals surface area contributed by atoms with Crippen LogP contribution in [0, 0.1) is 0 Å². The standard InChI is InChI=1S/C4H9N3O/c5-4-6-2-1-3(8)7-4/h1-4,6-8H,5H2/t3-,4?/m1/s1. The van der Waals surface area contributed by atoms with Crippen LogP contribution in [0.25, 0.3) is 0 Å². The Balaban J connectivity index is 2.42. The molecule has 0 saturated heterocycles. The molecule has 0 spiro atoms. The molecule has 0 radical (unpaired) electrons. The van der Waals surface area contributed by atoms with Crippen molar-refractivity contribution in [2.45, 2.75) is 12.5 Å². The smallest absolute Gasteiger partial charge is 0.131 e. The van der Waals surface area contributed by atoms with E-state index in [9.17, 15) is 0 Å². The molecular formula is C4H9N3O. The fourth-order valence-electron chi connectivity index (χ4n) is 0.538. The van der Waals surface area contributed by atoms with E-state index in [2.05, 4.69) is 10.6 Å². The average Bonchev–Trinajstić information content (AvgIpc) is 1.64. The predicted molar refractivity (Wildman–Crippen MR) is 29.4 cm³/mol. The van der Waals surface area contributed by atoms with Gasteiger partial charge in [-0.2, -0.15) is 0 Å². The van der Waals surface area contributed by atoms with Gasteiger partial charge in [-0.05, 0) is 12.3 Å². The lowest BCUT2D eigenvalue weighted by atomic mass is 10.4. The fourth-order valence-corrected chi connectivity index (χ4v) is 0.538. The average molecular weight is 115 g/mol. The zero-order chi connectivity index (χ0) is 5.98. The summed E-state index contributed by atoms with van der Waals surface area (Å²) in [5.41, 5.74) is 5.29. The Morgan fingerprint density at radius 3 is 2.75 bits per heavy atom. The van der Waals surface area contributed by atoms with Gasteiger partial charge in [-0.1, -0.05) is 0 Å². The lowest BCUT2D eigenvalue weighted by Crippen LogP contribution is -2.53. The summed E-state index contributed by atoms with van der Waals surface area (Å²) in [5, 5.41) is 14.1. The third-order valence-electron chi connectivity index (χ3n) is 0.905. The third kappa shape index (κ3) is 1.19. The number of hydrogen-bond donors (Lipinski definition) is 4. The fraction of sp³-hybridized carbons (Fsp3) is 0.500. The van der Waals surface area contributed by atoms with Gasteiger partial charge in [-0.15, -0.1) is 0 Å². The number of rotatable bonds is 0. The highest BCUT2D eigenvalue weighted by Gasteiger charge is 2.06. The van der Waals surface area contributed by atoms with E-state index in [-0.39, 0.29) is 6.29 Å². The van der Waals surface area contributed by atoms with Crippen LogP contribution in [0.5, 0.6) is 0 Å². The highest BCUT2D eigenvalue weighted by molar-refractivity contribution is 4.91. The van der Waals surface area contributed by atoms with E-state index >= 15 is 0 Å². The number of aliphatic hydroxyl groups is 1. The maximum atomic E-state index is 8.76. The van der Waals surface area contributed by atoms with Gasteiger partial charge in [-0.25, -0.2) is 0 Å². The van der Waals surface area contributed by atoms with Gasteiger partial charge in [0, 0.05) is 0 Å². The Kier molecular flexibility index (Phi) is 1.48. The SMILES string of the molecule is NC1NC=C[C@@H](O)N1. The summed E-state index contributed by atoms with van der Waals surface area (Å²) in [7, 11) is 0. The molecule has 4 nitrogen and oxygen atoms in total. The van der Waals surface area contributed by atoms with Crippen LogP contribution in [0.4, 0.5) is 0 Å². The highest BCUT2D eigenvalue weighted by Crippen LogP contribution is 1.84. The first kappa shape index (κ1) is 5.55. The summed E-state index contributed by atoms with van der Waals surface area (Å²) in [5.74, 6) is 0. The first-order valence-corrected chi connectivity index (χ1v) is 2.41. The number of nitrogens with two attached hydrogens (primary N) is 1. The topological polar surface area (TPSA) is 70.3 Å². The molecule has 0 aromatic carbocycles. The molecular weight excluding hydrogens is 106 g/mol. The van der Waals surface area contributed by atoms with Crippen LogP contribution < -0.4 is 16.4 Å². The second-order valence-corrected chi connectivity index (χ2v) is 1.61. The number of aliphatic hydroxyl groups excluding tert-OH is 1. The molecule has 0 saturated carbocycles. The van der Waals surface area contributed by atoms with Crippen molar-refractivity contribution in [3.05, 3.63) is 12.3 Å². The van der Waals surface area contributed by atoms with E-state index in [1.165, 1.54) is 0 Å². The second kappa shape index (κ2) is 2.13. The summed E-state index contributed by atoms with van der Waals surface area (Å²) in [6.07, 6.45) is 2.26. The van der Waals surface area contributed by atoms with E-state index in [1.54, 1.807) is 12.3 Å². The Bertz CT molecular complexity index is 103. The quantitative estimate of drug-likeness (QED) is 0.302. The van der Waals surface area contributed by atoms with Crippen molar-refractivity contribution in [1.29, 1.82) is 0 Å². The Labute approximate surface area is 47.4 Å². The lowest BCUT2D eigenvalue weighted by molar-refractivity contribution is 0.154. The van der Waals surface area contributed by atoms with Crippen LogP contribution in [-0.2, 0) is 0 Å². The van der Waals surface area contributed by atoms with Gasteiger partial charge in [0.1, 0.15) is 12.5 Å². The molecule has 1 heterocycles. The van der Waals surface area contributed by atoms with Crippen LogP contribution in [-0.4, -0.2) is 17.6 Å². The van der Waals surface area contributed by atoms with E-state index in [4.69, 9.17) is 10.8 Å². The van der Waals surface area contributed by atoms with Crippen molar-refractivity contribution in [3.63, 3.8) is 0 Å². The van der Waals surface area contributed by atoms with Crippen LogP contribution in [0.3, 0.4) is 0 Å². The molecule has 5 N–H and O–H groups in total. The summed E-state index contributed by atoms with van der Waals surface area (Å²) >= 11 is 0. The second-order valence-electron chi connectivity index (χ2n) is 1.61. The zero-order valence-corrected chi connectivity index (χ0v) is 4.33. The highest BCUT2D eigenvalue weighted by atomic mass is 16.3. The number of nitrogens with one attached hydrogen (secondary N) is 2. The monoisotopic (exact) mass is 115 g/mol. The van der Waals surface area contributed by atoms with Gasteiger partial charge in [-0.3, -0.25) is 11.1 Å². The molecule has 1 rings (SSSR count). The summed E-state index contributed by atoms with van der Waals surface area (Å²) < 4.78 is 0. The molecule has 2 atom stereocenters. The van der Waals surface area contributed by atoms with Crippen molar-refractivity contribution < 1.29 is 5.11 Å². The van der Waals surface area contributed by atoms with Gasteiger partial charge < -0.3 is 10.4 Å². The van der Waals surface area contributed by atoms with Gasteiger partial charge in [0.05, 0.1) is 0 Å². The first-order valence-electron chi connectivity index (χ1n) is 2.41. The molecule has 1 aliphatic heterocycles. The summed E-state index contributed by atoms with van der Waals surface area (Å²) in [4.78, 5) is 0. The van der Waals surface area contributed by atoms with Crippen molar-refractivity contribution in [2.24, 2.45) is 5.73 Å². The molecule has 0 bridgehead atoms. The normalized spacial score (nSPS) is 36.8. The van der Waals surface area contributed by atoms with Crippen molar-refractivity contribution in [1.82, 2.24) is 10.6 Å². The minimum absolute atomic E-state index is 0.324. The molecule has 0 fully saturated rings. The Hall–Kier alpha value is -0.580. The zero-order valence-electron chi connectivity index (χ0n) is 4.33. The van der Waals surface area contributed by atoms with Gasteiger partial charge in [0.25, 0.3) is 0 Å². The molecule has 0 aromatic heterocycles. The van der Waals surface area contributed by atoms with Crippen molar-refractivity contribution in [3.8, 4) is 0 Å². The molecule has 46 valence electrons. The minimum atomic E-state index is -0.605. The van der Waals surface area contributed by atoms with Crippen molar-refractivity contribution in [2.75, 3.05) is 0 Å². The molecule has 0 amide bonds. The molecule has 1 unspecified atom stereocenters. The van der Waals surface area contributed by atoms with E-state index < -0.39 is 6.23 Å². The van der Waals surface area contributed by atoms with Crippen LogP contribution in [0.2, 0.25) is 0 Å². The molecule has 8 heavy (non-hydrogen) atoms. The Morgan fingerprint density at radius 2 is 2.38 bits per heavy atom. The Morgan fingerprint density at radius 1 is 1.62 bits per heavy atom. The van der Waals surface area contributed by atoms with Gasteiger partial charge in [0.15, 0.2) is 0 Å². The van der Waals surface area contributed by atoms with E-state index in [0.29, 0.717) is 0 Å². The van der Waals surface area contributed by atoms with Gasteiger partial charge >= 0.3 is 0 Å². The van der Waals surface area contributed by atoms with Crippen molar-refractivity contribution >= 4 is 0 Å². The van der Waals surface area contributed by atoms with E-state index in [0.717, 1.165) is 0 Å². The summed E-state index contributed by atoms with van der Waals surface area (Å²) in [6.45, 7) is 0. The third-order valence-corrected chi connectivity index (χ3v) is 0.905. The largest absolute Gasteiger partial charge is 0.375 e. The van der Waals surface area contributed by atoms with Gasteiger partial charge in [0.2, 0.25) is 0 Å². The number of hydrogen-bond acceptors (Lipinski definition) is 4. The summed E-state index contributed by atoms with van der Waals surface area (Å²) in [6, 6.07) is 0. The van der Waals surface area contributed by atoms with Crippen LogP contribution in [0.15, 0.2) is 12.3 Å². The maximum Gasteiger partial charge on any atom is 0.131 e. The molecule has 0 aliphatic carbocycles. The molecule has 1 aliphatic rings. The van der Waals surface area contributed by atoms with Crippen LogP contribution in [0.1, 0.15) is 0 Å². The molecule has 4 heteroatoms. The van der Waals surface area contributed by atoms with Crippen LogP contribution >= 0.6 is 0 Å². The lowest BCUT2D eigenvalue weighted by Gasteiger charge is -2.20. The van der Waals surface area contributed by atoms with E-state index in [1.807, 2.05) is 0 Å². The maximum absolute atomic E-state index is 8.76. The molecule has 0 aromatic rings. The predicted octanol–water partition coefficient (Wildman–Crippen LogP) is -1.75. The minimum Gasteiger partial charge on any atom is -0.375 e.